The summed E-state index contributed by atoms with van der Waals surface area (Å²) in [5.41, 5.74) is 1.15. The van der Waals surface area contributed by atoms with Gasteiger partial charge in [0.1, 0.15) is 5.75 Å². The lowest BCUT2D eigenvalue weighted by atomic mass is 10.0. The molecule has 0 saturated heterocycles. The zero-order valence-electron chi connectivity index (χ0n) is 13.4. The molecule has 2 aromatic rings. The molecule has 1 amide bonds. The minimum Gasteiger partial charge on any atom is -0.481 e. The molecule has 3 heterocycles. The van der Waals surface area contributed by atoms with Crippen LogP contribution in [-0.2, 0) is 17.8 Å². The van der Waals surface area contributed by atoms with Crippen LogP contribution in [0, 0.1) is 0 Å². The number of benzene rings is 1. The van der Waals surface area contributed by atoms with Gasteiger partial charge in [0, 0.05) is 37.0 Å². The molecule has 2 aliphatic heterocycles. The van der Waals surface area contributed by atoms with Crippen LogP contribution in [0.3, 0.4) is 0 Å². The lowest BCUT2D eigenvalue weighted by Crippen LogP contribution is -2.45. The van der Waals surface area contributed by atoms with Gasteiger partial charge in [-0.2, -0.15) is 5.10 Å². The van der Waals surface area contributed by atoms with E-state index >= 15 is 0 Å². The predicted molar refractivity (Wildman–Crippen MR) is 85.1 cm³/mol. The third kappa shape index (κ3) is 2.89. The summed E-state index contributed by atoms with van der Waals surface area (Å²) in [5.74, 6) is 1.80. The Hall–Kier alpha value is -2.70. The van der Waals surface area contributed by atoms with Gasteiger partial charge in [0.05, 0.1) is 0 Å². The molecule has 1 N–H and O–H groups in total. The normalized spacial score (nSPS) is 19.5. The molecule has 0 unspecified atom stereocenters. The van der Waals surface area contributed by atoms with E-state index in [0.717, 1.165) is 25.1 Å². The van der Waals surface area contributed by atoms with Gasteiger partial charge in [-0.25, -0.2) is 0 Å². The average Bonchev–Trinajstić information content (AvgIpc) is 3.22. The molecular formula is C17H19N3O4. The highest BCUT2D eigenvalue weighted by atomic mass is 16.7. The van der Waals surface area contributed by atoms with Crippen molar-refractivity contribution in [3.8, 4) is 17.2 Å². The molecule has 1 aromatic carbocycles. The monoisotopic (exact) mass is 329 g/mol. The first-order valence-corrected chi connectivity index (χ1v) is 8.06. The van der Waals surface area contributed by atoms with E-state index in [1.807, 2.05) is 10.7 Å². The minimum absolute atomic E-state index is 0.115. The summed E-state index contributed by atoms with van der Waals surface area (Å²) in [6.45, 7) is 2.78. The van der Waals surface area contributed by atoms with E-state index in [2.05, 4.69) is 10.4 Å². The van der Waals surface area contributed by atoms with Gasteiger partial charge in [0.2, 0.25) is 6.79 Å². The SMILES string of the molecule is C[C@@H](Oc1ccc2c(c1)OCO2)C(=O)N[C@@H]1CCn2nccc2C1. The molecule has 1 aromatic heterocycles. The maximum Gasteiger partial charge on any atom is 0.261 e. The lowest BCUT2D eigenvalue weighted by molar-refractivity contribution is -0.128. The summed E-state index contributed by atoms with van der Waals surface area (Å²) >= 11 is 0. The van der Waals surface area contributed by atoms with Crippen molar-refractivity contribution in [2.45, 2.75) is 38.5 Å². The maximum absolute atomic E-state index is 12.4. The predicted octanol–water partition coefficient (Wildman–Crippen LogP) is 1.51. The Morgan fingerprint density at radius 2 is 2.25 bits per heavy atom. The second-order valence-electron chi connectivity index (χ2n) is 6.02. The number of hydrogen-bond donors (Lipinski definition) is 1. The minimum atomic E-state index is -0.586. The van der Waals surface area contributed by atoms with Crippen molar-refractivity contribution in [1.82, 2.24) is 15.1 Å². The van der Waals surface area contributed by atoms with Crippen LogP contribution in [-0.4, -0.2) is 34.6 Å². The molecule has 2 aliphatic rings. The van der Waals surface area contributed by atoms with Gasteiger partial charge in [-0.15, -0.1) is 0 Å². The number of carbonyl (C=O) groups is 1. The Morgan fingerprint density at radius 1 is 1.38 bits per heavy atom. The summed E-state index contributed by atoms with van der Waals surface area (Å²) in [7, 11) is 0. The molecular weight excluding hydrogens is 310 g/mol. The Bertz CT molecular complexity index is 758. The van der Waals surface area contributed by atoms with Gasteiger partial charge in [0.25, 0.3) is 5.91 Å². The highest BCUT2D eigenvalue weighted by molar-refractivity contribution is 5.81. The van der Waals surface area contributed by atoms with Gasteiger partial charge < -0.3 is 19.5 Å². The fourth-order valence-electron chi connectivity index (χ4n) is 3.02. The molecule has 0 saturated carbocycles. The third-order valence-corrected chi connectivity index (χ3v) is 4.32. The highest BCUT2D eigenvalue weighted by Gasteiger charge is 2.24. The Labute approximate surface area is 139 Å². The van der Waals surface area contributed by atoms with E-state index in [1.165, 1.54) is 0 Å². The molecule has 126 valence electrons. The van der Waals surface area contributed by atoms with Gasteiger partial charge in [-0.3, -0.25) is 9.48 Å². The standard InChI is InChI=1S/C17H19N3O4/c1-11(24-14-2-3-15-16(9-14)23-10-22-15)17(21)19-12-5-7-20-13(8-12)4-6-18-20/h2-4,6,9,11-12H,5,7-8,10H2,1H3,(H,19,21)/t11-,12-/m1/s1. The molecule has 2 atom stereocenters. The summed E-state index contributed by atoms with van der Waals surface area (Å²) < 4.78 is 18.3. The Balaban J connectivity index is 1.35. The number of rotatable bonds is 4. The van der Waals surface area contributed by atoms with E-state index in [-0.39, 0.29) is 18.7 Å². The zero-order valence-corrected chi connectivity index (χ0v) is 13.4. The number of carbonyl (C=O) groups excluding carboxylic acids is 1. The Morgan fingerprint density at radius 3 is 3.17 bits per heavy atom. The maximum atomic E-state index is 12.4. The fourth-order valence-corrected chi connectivity index (χ4v) is 3.02. The molecule has 0 radical (unpaired) electrons. The highest BCUT2D eigenvalue weighted by Crippen LogP contribution is 2.35. The first-order valence-electron chi connectivity index (χ1n) is 8.06. The van der Waals surface area contributed by atoms with Gasteiger partial charge in [-0.05, 0) is 31.5 Å². The molecule has 24 heavy (non-hydrogen) atoms. The summed E-state index contributed by atoms with van der Waals surface area (Å²) in [4.78, 5) is 12.4. The second-order valence-corrected chi connectivity index (χ2v) is 6.02. The van der Waals surface area contributed by atoms with E-state index < -0.39 is 6.10 Å². The van der Waals surface area contributed by atoms with E-state index in [0.29, 0.717) is 17.2 Å². The average molecular weight is 329 g/mol. The van der Waals surface area contributed by atoms with Crippen LogP contribution in [0.5, 0.6) is 17.2 Å². The van der Waals surface area contributed by atoms with Crippen molar-refractivity contribution < 1.29 is 19.0 Å². The smallest absolute Gasteiger partial charge is 0.261 e. The van der Waals surface area contributed by atoms with Crippen molar-refractivity contribution in [2.75, 3.05) is 6.79 Å². The molecule has 0 aliphatic carbocycles. The van der Waals surface area contributed by atoms with E-state index in [1.54, 1.807) is 31.3 Å². The van der Waals surface area contributed by atoms with Crippen molar-refractivity contribution in [3.63, 3.8) is 0 Å². The number of nitrogens with one attached hydrogen (secondary N) is 1. The zero-order chi connectivity index (χ0) is 16.5. The summed E-state index contributed by atoms with van der Waals surface area (Å²) in [6.07, 6.45) is 2.88. The Kier molecular flexibility index (Phi) is 3.76. The van der Waals surface area contributed by atoms with Crippen LogP contribution in [0.25, 0.3) is 0 Å². The number of hydrogen-bond acceptors (Lipinski definition) is 5. The van der Waals surface area contributed by atoms with Crippen LogP contribution < -0.4 is 19.5 Å². The topological polar surface area (TPSA) is 74.6 Å². The first kappa shape index (κ1) is 14.9. The number of amides is 1. The number of fused-ring (bicyclic) bond motifs is 2. The third-order valence-electron chi connectivity index (χ3n) is 4.32. The van der Waals surface area contributed by atoms with Crippen LogP contribution in [0.1, 0.15) is 19.0 Å². The van der Waals surface area contributed by atoms with Gasteiger partial charge in [0.15, 0.2) is 17.6 Å². The van der Waals surface area contributed by atoms with E-state index in [9.17, 15) is 4.79 Å². The molecule has 7 heteroatoms. The van der Waals surface area contributed by atoms with Crippen LogP contribution in [0.2, 0.25) is 0 Å². The van der Waals surface area contributed by atoms with Crippen LogP contribution >= 0.6 is 0 Å². The summed E-state index contributed by atoms with van der Waals surface area (Å²) in [5, 5.41) is 7.31. The van der Waals surface area contributed by atoms with Crippen LogP contribution in [0.15, 0.2) is 30.5 Å². The second kappa shape index (κ2) is 6.07. The number of aryl methyl sites for hydroxylation is 1. The van der Waals surface area contributed by atoms with Crippen molar-refractivity contribution in [3.05, 3.63) is 36.2 Å². The van der Waals surface area contributed by atoms with Crippen molar-refractivity contribution in [2.24, 2.45) is 0 Å². The van der Waals surface area contributed by atoms with Crippen molar-refractivity contribution >= 4 is 5.91 Å². The molecule has 0 fully saturated rings. The van der Waals surface area contributed by atoms with Gasteiger partial charge >= 0.3 is 0 Å². The molecule has 0 bridgehead atoms. The van der Waals surface area contributed by atoms with Gasteiger partial charge in [-0.1, -0.05) is 0 Å². The van der Waals surface area contributed by atoms with E-state index in [4.69, 9.17) is 14.2 Å². The molecule has 0 spiro atoms. The largest absolute Gasteiger partial charge is 0.481 e. The summed E-state index contributed by atoms with van der Waals surface area (Å²) in [6, 6.07) is 7.40. The quantitative estimate of drug-likeness (QED) is 0.920. The molecule has 7 nitrogen and oxygen atoms in total. The number of aromatic nitrogens is 2. The fraction of sp³-hybridized carbons (Fsp3) is 0.412. The molecule has 4 rings (SSSR count). The van der Waals surface area contributed by atoms with Crippen LogP contribution in [0.4, 0.5) is 0 Å². The van der Waals surface area contributed by atoms with Crippen molar-refractivity contribution in [1.29, 1.82) is 0 Å². The number of ether oxygens (including phenoxy) is 3. The number of nitrogens with zero attached hydrogens (tertiary/aromatic N) is 2. The lowest BCUT2D eigenvalue weighted by Gasteiger charge is -2.25. The first-order chi connectivity index (χ1) is 11.7.